The predicted octanol–water partition coefficient (Wildman–Crippen LogP) is 13.2. The molecule has 2 N–H and O–H groups in total. The Balaban J connectivity index is 0.000000151. The van der Waals surface area contributed by atoms with Gasteiger partial charge >= 0.3 is 0 Å². The van der Waals surface area contributed by atoms with Gasteiger partial charge in [-0.1, -0.05) is 110 Å². The molecule has 0 radical (unpaired) electrons. The number of halogens is 1. The van der Waals surface area contributed by atoms with Crippen molar-refractivity contribution in [3.63, 3.8) is 0 Å². The zero-order valence-corrected chi connectivity index (χ0v) is 61.8. The van der Waals surface area contributed by atoms with Crippen LogP contribution in [0.3, 0.4) is 0 Å². The van der Waals surface area contributed by atoms with E-state index in [0.717, 1.165) is 49.4 Å². The number of aliphatic hydroxyl groups is 2. The molecule has 4 saturated heterocycles. The first-order chi connectivity index (χ1) is 44.6. The van der Waals surface area contributed by atoms with E-state index in [1.165, 1.54) is 77.0 Å². The average Bonchev–Trinajstić information content (AvgIpc) is 1.46. The second-order valence-corrected chi connectivity index (χ2v) is 40.3. The minimum Gasteiger partial charge on any atom is -0.390 e. The second-order valence-electron chi connectivity index (χ2n) is 37.3. The minimum atomic E-state index is -3.50. The number of aliphatic hydroxyl groups excluding tert-OH is 2. The zero-order valence-electron chi connectivity index (χ0n) is 58.8. The van der Waals surface area contributed by atoms with Gasteiger partial charge in [-0.05, 0) is 243 Å². The highest BCUT2D eigenvalue weighted by molar-refractivity contribution is 14.1. The number of amides is 2. The van der Waals surface area contributed by atoms with Gasteiger partial charge in [0.05, 0.1) is 85.8 Å². The number of carbonyl (C=O) groups excluding carboxylic acids is 2. The van der Waals surface area contributed by atoms with Gasteiger partial charge < -0.3 is 48.4 Å². The molecule has 1 aromatic carbocycles. The van der Waals surface area contributed by atoms with Gasteiger partial charge in [0.25, 0.3) is 0 Å². The Morgan fingerprint density at radius 1 is 0.564 bits per heavy atom. The van der Waals surface area contributed by atoms with Crippen molar-refractivity contribution in [1.29, 1.82) is 0 Å². The molecule has 12 aliphatic carbocycles. The van der Waals surface area contributed by atoms with Crippen LogP contribution in [0.1, 0.15) is 210 Å². The molecule has 0 bridgehead atoms. The molecular weight excluding hydrogens is 1320 g/mol. The molecule has 524 valence electrons. The summed E-state index contributed by atoms with van der Waals surface area (Å²) in [6.45, 7) is 28.0. The maximum Gasteiger partial charge on any atom is 0.223 e. The van der Waals surface area contributed by atoms with Crippen molar-refractivity contribution in [3.05, 3.63) is 30.3 Å². The molecule has 16 fully saturated rings. The van der Waals surface area contributed by atoms with E-state index >= 15 is 0 Å². The van der Waals surface area contributed by atoms with Crippen LogP contribution in [-0.4, -0.2) is 151 Å². The van der Waals surface area contributed by atoms with E-state index in [0.29, 0.717) is 122 Å². The van der Waals surface area contributed by atoms with Crippen molar-refractivity contribution in [2.75, 3.05) is 49.6 Å². The first-order valence-electron chi connectivity index (χ1n) is 38.2. The summed E-state index contributed by atoms with van der Waals surface area (Å²) in [5, 5.41) is 24.9. The van der Waals surface area contributed by atoms with Crippen molar-refractivity contribution < 1.29 is 56.6 Å². The molecule has 17 rings (SSSR count). The Hall–Kier alpha value is -1.48. The minimum absolute atomic E-state index is 0.00659. The van der Waals surface area contributed by atoms with Gasteiger partial charge in [0, 0.05) is 41.2 Å². The summed E-state index contributed by atoms with van der Waals surface area (Å²) in [7, 11) is -3.50. The summed E-state index contributed by atoms with van der Waals surface area (Å²) in [5.41, 5.74) is 0.978. The third kappa shape index (κ3) is 9.70. The number of fused-ring (bicyclic) bond motifs is 8. The maximum atomic E-state index is 13.4. The van der Waals surface area contributed by atoms with Gasteiger partial charge in [0.1, 0.15) is 0 Å². The number of morpholine rings is 2. The Labute approximate surface area is 577 Å². The molecule has 26 atom stereocenters. The predicted molar refractivity (Wildman–Crippen MR) is 367 cm³/mol. The Morgan fingerprint density at radius 3 is 1.41 bits per heavy atom. The van der Waals surface area contributed by atoms with Crippen LogP contribution in [0.4, 0.5) is 0 Å². The van der Waals surface area contributed by atoms with Crippen molar-refractivity contribution in [2.24, 2.45) is 113 Å². The van der Waals surface area contributed by atoms with E-state index < -0.39 is 22.0 Å². The Kier molecular flexibility index (Phi) is 16.4. The number of hydrogen-bond acceptors (Lipinski definition) is 12. The fourth-order valence-electron chi connectivity index (χ4n) is 28.0. The smallest absolute Gasteiger partial charge is 0.223 e. The van der Waals surface area contributed by atoms with Gasteiger partial charge in [-0.15, -0.1) is 0 Å². The van der Waals surface area contributed by atoms with Crippen LogP contribution < -0.4 is 0 Å². The molecule has 1 aromatic rings. The lowest BCUT2D eigenvalue weighted by Gasteiger charge is -2.64. The Morgan fingerprint density at radius 2 is 0.979 bits per heavy atom. The topological polar surface area (TPSA) is 171 Å². The average molecular weight is 1430 g/mol. The van der Waals surface area contributed by atoms with E-state index in [2.05, 4.69) is 91.8 Å². The molecule has 16 heteroatoms. The summed E-state index contributed by atoms with van der Waals surface area (Å²) >= 11 is 2.47. The number of nitrogens with zero attached hydrogens (tertiary/aromatic N) is 2. The van der Waals surface area contributed by atoms with Crippen LogP contribution in [0.15, 0.2) is 35.2 Å². The van der Waals surface area contributed by atoms with Crippen LogP contribution in [0.25, 0.3) is 0 Å². The van der Waals surface area contributed by atoms with Gasteiger partial charge in [-0.25, -0.2) is 8.42 Å². The molecular formula is C78H117IN2O12S. The van der Waals surface area contributed by atoms with E-state index in [9.17, 15) is 28.2 Å². The van der Waals surface area contributed by atoms with Gasteiger partial charge in [0.15, 0.2) is 22.4 Å². The summed E-state index contributed by atoms with van der Waals surface area (Å²) < 4.78 is 67.3. The van der Waals surface area contributed by atoms with Gasteiger partial charge in [0.2, 0.25) is 11.8 Å². The molecule has 94 heavy (non-hydrogen) atoms. The number of ether oxygens (including phenoxy) is 6. The van der Waals surface area contributed by atoms with E-state index in [4.69, 9.17) is 28.4 Å². The SMILES string of the molecule is C[C@@H]1C[C@H](CI)O[C@H]2[C@H]1[C@@]1(C)CCC34C[C@@]35CC[C@H](O[C@H]3CN(C(=O)CC6CC6)CCO3)C(C)(C)[C@@H]5CC[C@H]4[C@]1(C)[C@H]2O.C[C@@H]1C[C@H](CS(=O)(=O)c2ccccc2)O[C@H]2[C@H]1[C@@]1(C)CCC34C[C@@]35CC[C@H](O[C@H]3CN(C(=O)CC6CC6)CCO3)C(C)(C)[C@@H]5CC[C@H]4[C@]1(C)[C@H]2O. The summed E-state index contributed by atoms with van der Waals surface area (Å²) in [5.74, 6) is 5.43. The largest absolute Gasteiger partial charge is 0.390 e. The molecule has 2 amide bonds. The Bertz CT molecular complexity index is 3200. The molecule has 0 aromatic heterocycles. The van der Waals surface area contributed by atoms with Crippen molar-refractivity contribution in [3.8, 4) is 0 Å². The standard InChI is InChI=1S/C42H61NO7S.C36H56INO5/c1-26-21-28(24-51(46,47)29-9-7-6-8-10-29)49-36-35(26)39(4)17-18-42-25-41(42)16-15-32(38(2,3)30(41)13-14-31(42)40(39,5)37(36)45)50-34-23-43(19-20-48-34)33(44)22-27-11-12-27;1-21-16-23(18-37)42-30-29(21)33(4)12-13-36-20-35(36)11-10-26(32(2,3)24(35)8-9-25(36)34(33,5)31(30)40)43-28-19-38(14-15-41-28)27(39)17-22-6-7-22/h6-10,26-28,30-32,34-37,45H,11-25H2,1-5H3;21-26,28-31,40H,6-20H2,1-5H3/t26-,28-,30+,31+,32+,34+,35+,36+,37+,39-,40-,41-,42?;21-,23-,24+,25+,26+,28+,29+,30+,31+,33-,34-,35-,36?/m11/s1. The highest BCUT2D eigenvalue weighted by atomic mass is 127. The quantitative estimate of drug-likeness (QED) is 0.150. The number of sulfone groups is 1. The fraction of sp³-hybridized carbons (Fsp3) is 0.897. The highest BCUT2D eigenvalue weighted by Gasteiger charge is 2.87. The summed E-state index contributed by atoms with van der Waals surface area (Å²) in [6.07, 6.45) is 22.7. The normalized spacial score (nSPS) is 51.4. The zero-order chi connectivity index (χ0) is 65.9. The first-order valence-corrected chi connectivity index (χ1v) is 41.4. The van der Waals surface area contributed by atoms with Gasteiger partial charge in [-0.3, -0.25) is 9.59 Å². The van der Waals surface area contributed by atoms with Crippen LogP contribution in [0.5, 0.6) is 0 Å². The second kappa shape index (κ2) is 23.0. The lowest BCUT2D eigenvalue weighted by atomic mass is 9.41. The monoisotopic (exact) mass is 1430 g/mol. The third-order valence-corrected chi connectivity index (χ3v) is 35.8. The van der Waals surface area contributed by atoms with Crippen LogP contribution in [0.2, 0.25) is 0 Å². The highest BCUT2D eigenvalue weighted by Crippen LogP contribution is 2.91. The molecule has 4 spiro atoms. The molecule has 14 nitrogen and oxygen atoms in total. The number of benzene rings is 1. The van der Waals surface area contributed by atoms with E-state index in [1.807, 2.05) is 15.9 Å². The van der Waals surface area contributed by atoms with Crippen molar-refractivity contribution >= 4 is 44.2 Å². The lowest BCUT2D eigenvalue weighted by molar-refractivity contribution is -0.248. The molecule has 4 heterocycles. The van der Waals surface area contributed by atoms with Crippen molar-refractivity contribution in [2.45, 2.75) is 277 Å². The van der Waals surface area contributed by atoms with E-state index in [-0.39, 0.29) is 122 Å². The molecule has 4 aliphatic heterocycles. The number of carbonyl (C=O) groups is 2. The van der Waals surface area contributed by atoms with Crippen molar-refractivity contribution in [1.82, 2.24) is 9.80 Å². The summed E-state index contributed by atoms with van der Waals surface area (Å²) in [6, 6.07) is 8.72. The molecule has 2 unspecified atom stereocenters. The molecule has 16 aliphatic rings. The number of rotatable bonds is 12. The van der Waals surface area contributed by atoms with E-state index in [1.54, 1.807) is 24.3 Å². The maximum absolute atomic E-state index is 13.4. The van der Waals surface area contributed by atoms with Gasteiger partial charge in [-0.2, -0.15) is 0 Å². The summed E-state index contributed by atoms with van der Waals surface area (Å²) in [4.78, 5) is 30.1. The number of alkyl halides is 1. The lowest BCUT2D eigenvalue weighted by Crippen LogP contribution is -2.60. The third-order valence-electron chi connectivity index (χ3n) is 33.0. The number of hydrogen-bond donors (Lipinski definition) is 2. The van der Waals surface area contributed by atoms with Crippen LogP contribution in [0, 0.1) is 113 Å². The van der Waals surface area contributed by atoms with Crippen LogP contribution in [-0.2, 0) is 47.8 Å². The molecule has 12 saturated carbocycles. The first kappa shape index (κ1) is 67.0. The van der Waals surface area contributed by atoms with Crippen LogP contribution >= 0.6 is 22.6 Å². The fourth-order valence-corrected chi connectivity index (χ4v) is 30.1.